The van der Waals surface area contributed by atoms with Gasteiger partial charge in [0, 0.05) is 23.2 Å². The highest BCUT2D eigenvalue weighted by Gasteiger charge is 2.42. The molecule has 0 spiro atoms. The second kappa shape index (κ2) is 9.15. The summed E-state index contributed by atoms with van der Waals surface area (Å²) in [5.74, 6) is -0.405. The van der Waals surface area contributed by atoms with Crippen molar-refractivity contribution in [2.45, 2.75) is 38.5 Å². The fourth-order valence-electron chi connectivity index (χ4n) is 3.87. The SMILES string of the molecule is CC1(C)Nc2ccccc2C(CC(=O)c2ccccc2Cl)N(OCc2ccccc2)C1=O. The van der Waals surface area contributed by atoms with Crippen LogP contribution in [0.2, 0.25) is 5.02 Å². The smallest absolute Gasteiger partial charge is 0.271 e. The molecular weight excluding hydrogens is 424 g/mol. The van der Waals surface area contributed by atoms with Gasteiger partial charge in [0.25, 0.3) is 5.91 Å². The van der Waals surface area contributed by atoms with E-state index in [-0.39, 0.29) is 24.7 Å². The van der Waals surface area contributed by atoms with E-state index in [2.05, 4.69) is 5.32 Å². The zero-order valence-electron chi connectivity index (χ0n) is 18.0. The van der Waals surface area contributed by atoms with E-state index < -0.39 is 11.6 Å². The third-order valence-electron chi connectivity index (χ3n) is 5.55. The van der Waals surface area contributed by atoms with Crippen molar-refractivity contribution in [3.05, 3.63) is 101 Å². The Kier molecular flexibility index (Phi) is 6.31. The summed E-state index contributed by atoms with van der Waals surface area (Å²) < 4.78 is 0. The van der Waals surface area contributed by atoms with Gasteiger partial charge in [-0.25, -0.2) is 5.06 Å². The number of carbonyl (C=O) groups is 2. The van der Waals surface area contributed by atoms with Crippen LogP contribution in [-0.2, 0) is 16.2 Å². The van der Waals surface area contributed by atoms with Crippen molar-refractivity contribution in [2.24, 2.45) is 0 Å². The molecule has 3 aromatic rings. The summed E-state index contributed by atoms with van der Waals surface area (Å²) in [5, 5.41) is 5.07. The van der Waals surface area contributed by atoms with Gasteiger partial charge in [-0.1, -0.05) is 72.3 Å². The third kappa shape index (κ3) is 4.54. The van der Waals surface area contributed by atoms with Crippen LogP contribution in [0.3, 0.4) is 0 Å². The van der Waals surface area contributed by atoms with Gasteiger partial charge in [-0.2, -0.15) is 0 Å². The minimum atomic E-state index is -0.922. The van der Waals surface area contributed by atoms with E-state index >= 15 is 0 Å². The average Bonchev–Trinajstić information content (AvgIpc) is 2.86. The summed E-state index contributed by atoms with van der Waals surface area (Å²) in [7, 11) is 0. The lowest BCUT2D eigenvalue weighted by atomic mass is 9.96. The number of benzene rings is 3. The summed E-state index contributed by atoms with van der Waals surface area (Å²) in [5.41, 5.74) is 2.06. The van der Waals surface area contributed by atoms with Crippen LogP contribution in [0.15, 0.2) is 78.9 Å². The van der Waals surface area contributed by atoms with Crippen LogP contribution >= 0.6 is 11.6 Å². The van der Waals surface area contributed by atoms with Crippen LogP contribution in [0, 0.1) is 0 Å². The monoisotopic (exact) mass is 448 g/mol. The number of hydrogen-bond acceptors (Lipinski definition) is 4. The zero-order valence-corrected chi connectivity index (χ0v) is 18.8. The molecule has 1 aliphatic rings. The molecule has 1 atom stereocenters. The van der Waals surface area contributed by atoms with Gasteiger partial charge in [0.1, 0.15) is 12.1 Å². The minimum absolute atomic E-state index is 0.0407. The van der Waals surface area contributed by atoms with Gasteiger partial charge in [-0.3, -0.25) is 14.4 Å². The summed E-state index contributed by atoms with van der Waals surface area (Å²) >= 11 is 6.28. The van der Waals surface area contributed by atoms with E-state index in [0.717, 1.165) is 16.8 Å². The van der Waals surface area contributed by atoms with Gasteiger partial charge in [0.2, 0.25) is 0 Å². The van der Waals surface area contributed by atoms with Crippen LogP contribution < -0.4 is 5.32 Å². The molecule has 6 heteroatoms. The lowest BCUT2D eigenvalue weighted by Gasteiger charge is -2.33. The van der Waals surface area contributed by atoms with E-state index in [1.807, 2.05) is 68.4 Å². The normalized spacial score (nSPS) is 17.3. The molecule has 0 bridgehead atoms. The maximum absolute atomic E-state index is 13.6. The van der Waals surface area contributed by atoms with Gasteiger partial charge >= 0.3 is 0 Å². The molecule has 0 aliphatic carbocycles. The van der Waals surface area contributed by atoms with Crippen LogP contribution in [0.5, 0.6) is 0 Å². The number of fused-ring (bicyclic) bond motifs is 1. The molecule has 4 rings (SSSR count). The molecule has 0 saturated heterocycles. The van der Waals surface area contributed by atoms with E-state index in [1.165, 1.54) is 5.06 Å². The van der Waals surface area contributed by atoms with Crippen molar-refractivity contribution in [1.82, 2.24) is 5.06 Å². The fourth-order valence-corrected chi connectivity index (χ4v) is 4.11. The number of para-hydroxylation sites is 1. The summed E-state index contributed by atoms with van der Waals surface area (Å²) in [4.78, 5) is 32.9. The van der Waals surface area contributed by atoms with Crippen molar-refractivity contribution >= 4 is 29.0 Å². The predicted molar refractivity (Wildman–Crippen MR) is 125 cm³/mol. The molecule has 1 N–H and O–H groups in total. The van der Waals surface area contributed by atoms with Crippen LogP contribution in [-0.4, -0.2) is 22.3 Å². The number of anilines is 1. The first-order valence-electron chi connectivity index (χ1n) is 10.5. The molecule has 164 valence electrons. The van der Waals surface area contributed by atoms with Crippen LogP contribution in [0.4, 0.5) is 5.69 Å². The van der Waals surface area contributed by atoms with Crippen molar-refractivity contribution in [2.75, 3.05) is 5.32 Å². The maximum Gasteiger partial charge on any atom is 0.271 e. The standard InChI is InChI=1S/C26H25ClN2O3/c1-26(2)25(31)29(32-17-18-10-4-3-5-11-18)23(20-13-7-9-15-22(20)28-26)16-24(30)19-12-6-8-14-21(19)27/h3-15,23,28H,16-17H2,1-2H3. The Balaban J connectivity index is 1.73. The number of halogens is 1. The number of rotatable bonds is 6. The number of amides is 1. The van der Waals surface area contributed by atoms with Crippen LogP contribution in [0.1, 0.15) is 47.8 Å². The van der Waals surface area contributed by atoms with Crippen molar-refractivity contribution in [3.8, 4) is 0 Å². The molecule has 0 fully saturated rings. The highest BCUT2D eigenvalue weighted by atomic mass is 35.5. The first-order valence-corrected chi connectivity index (χ1v) is 10.9. The third-order valence-corrected chi connectivity index (χ3v) is 5.88. The number of nitrogens with one attached hydrogen (secondary N) is 1. The first kappa shape index (κ1) is 22.1. The first-order chi connectivity index (χ1) is 15.4. The number of Topliss-reactive ketones (excluding diaryl/α,β-unsaturated/α-hetero) is 1. The largest absolute Gasteiger partial charge is 0.371 e. The van der Waals surface area contributed by atoms with Crippen LogP contribution in [0.25, 0.3) is 0 Å². The second-order valence-corrected chi connectivity index (χ2v) is 8.76. The molecule has 1 heterocycles. The van der Waals surface area contributed by atoms with E-state index in [4.69, 9.17) is 16.4 Å². The zero-order chi connectivity index (χ0) is 22.7. The van der Waals surface area contributed by atoms with E-state index in [1.54, 1.807) is 24.3 Å². The Bertz CT molecular complexity index is 1130. The molecule has 0 aromatic heterocycles. The maximum atomic E-state index is 13.6. The Morgan fingerprint density at radius 1 is 1.00 bits per heavy atom. The fraction of sp³-hybridized carbons (Fsp3) is 0.231. The number of nitrogens with zero attached hydrogens (tertiary/aromatic N) is 1. The predicted octanol–water partition coefficient (Wildman–Crippen LogP) is 5.82. The quantitative estimate of drug-likeness (QED) is 0.483. The summed E-state index contributed by atoms with van der Waals surface area (Å²) in [6, 6.07) is 23.6. The highest BCUT2D eigenvalue weighted by Crippen LogP contribution is 2.38. The number of ketones is 1. The topological polar surface area (TPSA) is 58.6 Å². The number of hydroxylamine groups is 2. The Labute approximate surface area is 192 Å². The van der Waals surface area contributed by atoms with Gasteiger partial charge < -0.3 is 5.32 Å². The average molecular weight is 449 g/mol. The highest BCUT2D eigenvalue weighted by molar-refractivity contribution is 6.34. The van der Waals surface area contributed by atoms with Gasteiger partial charge in [0.15, 0.2) is 5.78 Å². The number of carbonyl (C=O) groups excluding carboxylic acids is 2. The van der Waals surface area contributed by atoms with Crippen molar-refractivity contribution in [1.29, 1.82) is 0 Å². The van der Waals surface area contributed by atoms with Crippen molar-refractivity contribution < 1.29 is 14.4 Å². The van der Waals surface area contributed by atoms with Gasteiger partial charge in [0.05, 0.1) is 11.1 Å². The molecule has 5 nitrogen and oxygen atoms in total. The lowest BCUT2D eigenvalue weighted by Crippen LogP contribution is -2.49. The Hall–Kier alpha value is -3.15. The summed E-state index contributed by atoms with van der Waals surface area (Å²) in [6.45, 7) is 3.83. The Morgan fingerprint density at radius 3 is 2.41 bits per heavy atom. The molecular formula is C26H25ClN2O3. The molecule has 32 heavy (non-hydrogen) atoms. The molecule has 1 unspecified atom stereocenters. The summed E-state index contributed by atoms with van der Waals surface area (Å²) in [6.07, 6.45) is 0.0407. The molecule has 1 aliphatic heterocycles. The van der Waals surface area contributed by atoms with E-state index in [0.29, 0.717) is 10.6 Å². The van der Waals surface area contributed by atoms with Gasteiger partial charge in [-0.15, -0.1) is 0 Å². The molecule has 3 aromatic carbocycles. The molecule has 1 amide bonds. The molecule has 0 radical (unpaired) electrons. The van der Waals surface area contributed by atoms with Crippen molar-refractivity contribution in [3.63, 3.8) is 0 Å². The lowest BCUT2D eigenvalue weighted by molar-refractivity contribution is -0.209. The minimum Gasteiger partial charge on any atom is -0.371 e. The number of hydrogen-bond donors (Lipinski definition) is 1. The van der Waals surface area contributed by atoms with Gasteiger partial charge in [-0.05, 0) is 37.6 Å². The molecule has 0 saturated carbocycles. The second-order valence-electron chi connectivity index (χ2n) is 8.35. The Morgan fingerprint density at radius 2 is 1.66 bits per heavy atom. The van der Waals surface area contributed by atoms with E-state index in [9.17, 15) is 9.59 Å².